The number of nitrogens with two attached hydrogens (primary N) is 1. The van der Waals surface area contributed by atoms with Crippen LogP contribution in [-0.2, 0) is 13.1 Å². The average Bonchev–Trinajstić information content (AvgIpc) is 2.70. The molecule has 3 aromatic rings. The lowest BCUT2D eigenvalue weighted by molar-refractivity contribution is -0.884. The van der Waals surface area contributed by atoms with Crippen LogP contribution in [0.3, 0.4) is 0 Å². The van der Waals surface area contributed by atoms with E-state index in [1.54, 1.807) is 7.11 Å². The van der Waals surface area contributed by atoms with Gasteiger partial charge in [0.15, 0.2) is 0 Å². The van der Waals surface area contributed by atoms with Crippen LogP contribution in [-0.4, -0.2) is 36.0 Å². The molecule has 0 aliphatic heterocycles. The van der Waals surface area contributed by atoms with Crippen molar-refractivity contribution in [3.63, 3.8) is 0 Å². The van der Waals surface area contributed by atoms with E-state index in [1.807, 2.05) is 44.3 Å². The summed E-state index contributed by atoms with van der Waals surface area (Å²) in [5.41, 5.74) is 5.58. The second-order valence-electron chi connectivity index (χ2n) is 7.45. The number of hydrogen-bond donors (Lipinski definition) is 3. The van der Waals surface area contributed by atoms with Crippen molar-refractivity contribution < 1.29 is 14.4 Å². The Bertz CT molecular complexity index is 1200. The fraction of sp³-hybridized carbons (Fsp3) is 0.318. The number of carbonyl (C=O) groups is 1. The van der Waals surface area contributed by atoms with Gasteiger partial charge in [-0.25, -0.2) is 4.79 Å². The number of carbonyl (C=O) groups excluding carboxylic acids is 1. The van der Waals surface area contributed by atoms with Gasteiger partial charge in [-0.15, -0.1) is 0 Å². The molecule has 30 heavy (non-hydrogen) atoms. The highest BCUT2D eigenvalue weighted by atomic mass is 16.5. The zero-order valence-corrected chi connectivity index (χ0v) is 17.5. The third-order valence-electron chi connectivity index (χ3n) is 5.05. The zero-order valence-electron chi connectivity index (χ0n) is 17.5. The molecule has 0 fully saturated rings. The molecule has 1 atom stereocenters. The van der Waals surface area contributed by atoms with Crippen molar-refractivity contribution in [2.24, 2.45) is 0 Å². The van der Waals surface area contributed by atoms with Crippen LogP contribution in [0.1, 0.15) is 29.3 Å². The number of Topliss-reactive ketones (excluding diaryl/α,β-unsaturated/α-hetero) is 1. The number of quaternary nitrogens is 1. The van der Waals surface area contributed by atoms with Gasteiger partial charge in [0.2, 0.25) is 5.78 Å². The van der Waals surface area contributed by atoms with Gasteiger partial charge < -0.3 is 15.4 Å². The van der Waals surface area contributed by atoms with Crippen LogP contribution in [0.5, 0.6) is 5.75 Å². The van der Waals surface area contributed by atoms with Crippen LogP contribution in [0.4, 0.5) is 5.82 Å². The number of aromatic nitrogens is 2. The number of rotatable bonds is 8. The number of aromatic amines is 1. The molecule has 3 rings (SSSR count). The van der Waals surface area contributed by atoms with E-state index in [9.17, 15) is 14.4 Å². The molecule has 0 aliphatic rings. The average molecular weight is 411 g/mol. The van der Waals surface area contributed by atoms with E-state index in [0.717, 1.165) is 27.0 Å². The Hall–Kier alpha value is -3.39. The number of nitrogen functional groups attached to an aromatic ring is 1. The van der Waals surface area contributed by atoms with Crippen molar-refractivity contribution in [2.45, 2.75) is 26.4 Å². The third kappa shape index (κ3) is 4.44. The number of H-pyrrole nitrogens is 1. The largest absolute Gasteiger partial charge is 0.497 e. The minimum absolute atomic E-state index is 0.0666. The van der Waals surface area contributed by atoms with Crippen LogP contribution in [0.2, 0.25) is 0 Å². The summed E-state index contributed by atoms with van der Waals surface area (Å²) in [4.78, 5) is 40.0. The molecule has 0 saturated heterocycles. The predicted molar refractivity (Wildman–Crippen MR) is 116 cm³/mol. The van der Waals surface area contributed by atoms with E-state index in [4.69, 9.17) is 10.5 Å². The fourth-order valence-corrected chi connectivity index (χ4v) is 3.59. The van der Waals surface area contributed by atoms with Gasteiger partial charge in [0.25, 0.3) is 5.56 Å². The van der Waals surface area contributed by atoms with Crippen LogP contribution >= 0.6 is 0 Å². The number of benzene rings is 2. The summed E-state index contributed by atoms with van der Waals surface area (Å²) >= 11 is 0. The molecule has 0 amide bonds. The summed E-state index contributed by atoms with van der Waals surface area (Å²) in [6.07, 6.45) is 0.656. The Kier molecular flexibility index (Phi) is 6.37. The van der Waals surface area contributed by atoms with E-state index in [1.165, 1.54) is 4.57 Å². The Morgan fingerprint density at radius 2 is 1.87 bits per heavy atom. The van der Waals surface area contributed by atoms with E-state index in [2.05, 4.69) is 11.1 Å². The first kappa shape index (κ1) is 21.3. The maximum Gasteiger partial charge on any atom is 0.329 e. The molecule has 158 valence electrons. The van der Waals surface area contributed by atoms with E-state index in [0.29, 0.717) is 19.5 Å². The number of likely N-dealkylation sites (N-methyl/N-ethyl adjacent to an activating group) is 1. The molecule has 2 aromatic carbocycles. The van der Waals surface area contributed by atoms with Crippen molar-refractivity contribution >= 4 is 22.4 Å². The number of fused-ring (bicyclic) bond motifs is 1. The third-order valence-corrected chi connectivity index (χ3v) is 5.05. The topological polar surface area (TPSA) is 112 Å². The molecule has 1 unspecified atom stereocenters. The molecule has 1 aromatic heterocycles. The van der Waals surface area contributed by atoms with Crippen LogP contribution in [0, 0.1) is 0 Å². The maximum atomic E-state index is 12.8. The number of ether oxygens (including phenoxy) is 1. The van der Waals surface area contributed by atoms with Crippen molar-refractivity contribution in [3.05, 3.63) is 68.4 Å². The number of nitrogens with one attached hydrogen (secondary N) is 2. The summed E-state index contributed by atoms with van der Waals surface area (Å²) < 4.78 is 6.49. The molecule has 4 N–H and O–H groups in total. The molecule has 0 radical (unpaired) electrons. The predicted octanol–water partition coefficient (Wildman–Crippen LogP) is 0.588. The highest BCUT2D eigenvalue weighted by Crippen LogP contribution is 2.21. The van der Waals surface area contributed by atoms with E-state index in [-0.39, 0.29) is 23.7 Å². The summed E-state index contributed by atoms with van der Waals surface area (Å²) in [6.45, 7) is 2.90. The number of anilines is 1. The molecule has 8 heteroatoms. The summed E-state index contributed by atoms with van der Waals surface area (Å²) in [6, 6.07) is 12.0. The summed E-state index contributed by atoms with van der Waals surface area (Å²) in [7, 11) is 3.51. The maximum absolute atomic E-state index is 12.8. The van der Waals surface area contributed by atoms with Gasteiger partial charge in [0.1, 0.15) is 30.2 Å². The Morgan fingerprint density at radius 3 is 2.57 bits per heavy atom. The van der Waals surface area contributed by atoms with Crippen molar-refractivity contribution in [3.8, 4) is 5.75 Å². The number of nitrogens with zero attached hydrogens (tertiary/aromatic N) is 1. The minimum Gasteiger partial charge on any atom is -0.497 e. The monoisotopic (exact) mass is 411 g/mol. The number of methoxy groups -OCH3 is 1. The van der Waals surface area contributed by atoms with Gasteiger partial charge in [-0.1, -0.05) is 25.1 Å². The molecule has 1 heterocycles. The molecule has 8 nitrogen and oxygen atoms in total. The Balaban J connectivity index is 1.78. The van der Waals surface area contributed by atoms with Crippen LogP contribution in [0.15, 0.2) is 46.0 Å². The van der Waals surface area contributed by atoms with E-state index >= 15 is 0 Å². The zero-order chi connectivity index (χ0) is 21.8. The van der Waals surface area contributed by atoms with Gasteiger partial charge in [0, 0.05) is 12.1 Å². The van der Waals surface area contributed by atoms with Gasteiger partial charge in [-0.2, -0.15) is 0 Å². The molecule has 0 aliphatic carbocycles. The van der Waals surface area contributed by atoms with Crippen molar-refractivity contribution in [1.82, 2.24) is 9.55 Å². The summed E-state index contributed by atoms with van der Waals surface area (Å²) in [5.74, 6) is 0.348. The lowest BCUT2D eigenvalue weighted by Gasteiger charge is -2.15. The van der Waals surface area contributed by atoms with Crippen LogP contribution in [0.25, 0.3) is 10.8 Å². The smallest absolute Gasteiger partial charge is 0.329 e. The number of hydrogen-bond acceptors (Lipinski definition) is 5. The lowest BCUT2D eigenvalue weighted by Crippen LogP contribution is -3.08. The highest BCUT2D eigenvalue weighted by Gasteiger charge is 2.22. The fourth-order valence-electron chi connectivity index (χ4n) is 3.59. The highest BCUT2D eigenvalue weighted by molar-refractivity contribution is 6.00. The first-order valence-corrected chi connectivity index (χ1v) is 9.87. The minimum atomic E-state index is -0.734. The first-order chi connectivity index (χ1) is 14.3. The second kappa shape index (κ2) is 8.96. The Morgan fingerprint density at radius 1 is 1.17 bits per heavy atom. The molecular weight excluding hydrogens is 384 g/mol. The Labute approximate surface area is 173 Å². The standard InChI is InChI=1S/C22H26N4O4/c1-4-9-26-20(23)19(21(28)24-22(26)29)18(27)13-25(2)12-14-5-6-16-11-17(30-3)8-7-15(16)10-14/h5-8,10-11H,4,9,12-13,23H2,1-3H3,(H,24,28,29)/p+1. The van der Waals surface area contributed by atoms with Crippen LogP contribution < -0.4 is 26.6 Å². The van der Waals surface area contributed by atoms with Gasteiger partial charge in [-0.05, 0) is 35.4 Å². The molecule has 0 spiro atoms. The second-order valence-corrected chi connectivity index (χ2v) is 7.45. The van der Waals surface area contributed by atoms with Crippen molar-refractivity contribution in [2.75, 3.05) is 26.4 Å². The van der Waals surface area contributed by atoms with Gasteiger partial charge in [-0.3, -0.25) is 19.1 Å². The molecule has 0 bridgehead atoms. The van der Waals surface area contributed by atoms with Crippen molar-refractivity contribution in [1.29, 1.82) is 0 Å². The molecular formula is C22H27N4O4+. The number of ketones is 1. The normalized spacial score (nSPS) is 12.1. The first-order valence-electron chi connectivity index (χ1n) is 9.87. The van der Waals surface area contributed by atoms with E-state index < -0.39 is 11.2 Å². The van der Waals surface area contributed by atoms with Gasteiger partial charge in [0.05, 0.1) is 14.2 Å². The lowest BCUT2D eigenvalue weighted by atomic mass is 10.1. The summed E-state index contributed by atoms with van der Waals surface area (Å²) in [5, 5.41) is 2.16. The quantitative estimate of drug-likeness (QED) is 0.470. The van der Waals surface area contributed by atoms with Gasteiger partial charge >= 0.3 is 5.69 Å². The SMILES string of the molecule is CCCn1c(N)c(C(=O)C[NH+](C)Cc2ccc3cc(OC)ccc3c2)c(=O)[nH]c1=O. The molecule has 0 saturated carbocycles.